The molecule has 0 aliphatic carbocycles. The summed E-state index contributed by atoms with van der Waals surface area (Å²) in [7, 11) is 0. The van der Waals surface area contributed by atoms with E-state index >= 15 is 0 Å². The Bertz CT molecular complexity index is 1020. The van der Waals surface area contributed by atoms with Gasteiger partial charge in [-0.15, -0.1) is 0 Å². The van der Waals surface area contributed by atoms with Crippen molar-refractivity contribution >= 4 is 17.8 Å². The smallest absolute Gasteiger partial charge is 0.317 e. The molecule has 33 heavy (non-hydrogen) atoms. The van der Waals surface area contributed by atoms with Gasteiger partial charge in [0.25, 0.3) is 0 Å². The third-order valence-corrected chi connectivity index (χ3v) is 6.15. The van der Waals surface area contributed by atoms with E-state index in [9.17, 15) is 23.2 Å². The van der Waals surface area contributed by atoms with E-state index in [1.165, 1.54) is 29.2 Å². The molecule has 9 heteroatoms. The molecule has 2 aromatic carbocycles. The Hall–Kier alpha value is -3.49. The number of likely N-dealkylation sites (tertiary alicyclic amines) is 1. The molecule has 2 aromatic rings. The van der Waals surface area contributed by atoms with E-state index in [2.05, 4.69) is 5.32 Å². The number of benzene rings is 2. The summed E-state index contributed by atoms with van der Waals surface area (Å²) in [6, 6.07) is 11.6. The molecule has 2 aliphatic heterocycles. The second kappa shape index (κ2) is 9.97. The molecule has 4 amide bonds. The molecule has 0 radical (unpaired) electrons. The minimum absolute atomic E-state index is 0.0982. The highest BCUT2D eigenvalue weighted by Crippen LogP contribution is 2.21. The molecule has 0 atom stereocenters. The Morgan fingerprint density at radius 3 is 2.30 bits per heavy atom. The summed E-state index contributed by atoms with van der Waals surface area (Å²) >= 11 is 0. The highest BCUT2D eigenvalue weighted by molar-refractivity contribution is 6.35. The first-order chi connectivity index (χ1) is 15.9. The van der Waals surface area contributed by atoms with Crippen LogP contribution in [0.2, 0.25) is 0 Å². The van der Waals surface area contributed by atoms with Gasteiger partial charge in [-0.2, -0.15) is 0 Å². The zero-order valence-electron chi connectivity index (χ0n) is 18.2. The second-order valence-electron chi connectivity index (χ2n) is 8.36. The molecule has 0 bridgehead atoms. The van der Waals surface area contributed by atoms with Crippen molar-refractivity contribution in [1.29, 1.82) is 0 Å². The number of halogens is 2. The lowest BCUT2D eigenvalue weighted by atomic mass is 10.0. The van der Waals surface area contributed by atoms with Gasteiger partial charge in [-0.3, -0.25) is 9.59 Å². The van der Waals surface area contributed by atoms with Gasteiger partial charge in [0.2, 0.25) is 0 Å². The maximum absolute atomic E-state index is 13.4. The predicted molar refractivity (Wildman–Crippen MR) is 117 cm³/mol. The molecule has 0 spiro atoms. The van der Waals surface area contributed by atoms with Crippen LogP contribution in [0.15, 0.2) is 48.5 Å². The van der Waals surface area contributed by atoms with Crippen LogP contribution in [-0.4, -0.2) is 64.8 Å². The second-order valence-corrected chi connectivity index (χ2v) is 8.36. The number of piperazine rings is 1. The van der Waals surface area contributed by atoms with E-state index in [1.54, 1.807) is 34.1 Å². The molecule has 0 unspecified atom stereocenters. The van der Waals surface area contributed by atoms with E-state index < -0.39 is 11.8 Å². The monoisotopic (exact) mass is 456 g/mol. The fraction of sp³-hybridized carbons (Fsp3) is 0.375. The first kappa shape index (κ1) is 22.7. The molecule has 174 valence electrons. The summed E-state index contributed by atoms with van der Waals surface area (Å²) < 4.78 is 26.4. The Morgan fingerprint density at radius 2 is 1.61 bits per heavy atom. The number of hydrogen-bond donors (Lipinski definition) is 1. The fourth-order valence-electron chi connectivity index (χ4n) is 4.32. The van der Waals surface area contributed by atoms with Crippen molar-refractivity contribution in [3.05, 3.63) is 71.3 Å². The largest absolute Gasteiger partial charge is 0.334 e. The van der Waals surface area contributed by atoms with Gasteiger partial charge in [-0.25, -0.2) is 13.6 Å². The summed E-state index contributed by atoms with van der Waals surface area (Å²) in [5.74, 6) is -1.82. The number of carbonyl (C=O) groups excluding carboxylic acids is 3. The Labute approximate surface area is 191 Å². The minimum Gasteiger partial charge on any atom is -0.334 e. The highest BCUT2D eigenvalue weighted by Gasteiger charge is 2.38. The van der Waals surface area contributed by atoms with Gasteiger partial charge in [0, 0.05) is 45.3 Å². The zero-order valence-corrected chi connectivity index (χ0v) is 18.2. The average molecular weight is 456 g/mol. The number of rotatable bonds is 5. The maximum Gasteiger partial charge on any atom is 0.317 e. The Balaban J connectivity index is 1.25. The molecule has 2 fully saturated rings. The van der Waals surface area contributed by atoms with Crippen LogP contribution in [0.4, 0.5) is 13.6 Å². The number of nitrogens with zero attached hydrogens (tertiary/aromatic N) is 3. The lowest BCUT2D eigenvalue weighted by Gasteiger charge is -2.42. The third-order valence-electron chi connectivity index (χ3n) is 6.15. The number of nitrogens with one attached hydrogen (secondary N) is 1. The molecule has 0 aromatic heterocycles. The number of hydrogen-bond acceptors (Lipinski definition) is 3. The van der Waals surface area contributed by atoms with Gasteiger partial charge in [0.15, 0.2) is 0 Å². The molecular formula is C24H26F2N4O3. The van der Waals surface area contributed by atoms with Crippen LogP contribution >= 0.6 is 0 Å². The number of carbonyl (C=O) groups is 3. The van der Waals surface area contributed by atoms with E-state index in [1.807, 2.05) is 0 Å². The number of urea groups is 1. The van der Waals surface area contributed by atoms with E-state index in [-0.39, 0.29) is 30.3 Å². The molecule has 1 N–H and O–H groups in total. The standard InChI is InChI=1S/C24H26F2N4O3/c25-19-6-4-17(5-7-19)15-27-24(33)28-10-8-21(9-11-28)30-13-12-29(22(31)23(30)32)16-18-2-1-3-20(26)14-18/h1-7,14,21H,8-13,15-16H2,(H,27,33). The summed E-state index contributed by atoms with van der Waals surface area (Å²) in [6.07, 6.45) is 1.18. The van der Waals surface area contributed by atoms with E-state index in [4.69, 9.17) is 0 Å². The average Bonchev–Trinajstić information content (AvgIpc) is 2.82. The van der Waals surface area contributed by atoms with Crippen molar-refractivity contribution in [3.8, 4) is 0 Å². The maximum atomic E-state index is 13.4. The van der Waals surface area contributed by atoms with Crippen molar-refractivity contribution in [2.45, 2.75) is 32.0 Å². The normalized spacial score (nSPS) is 17.5. The molecule has 4 rings (SSSR count). The molecule has 0 saturated carbocycles. The van der Waals surface area contributed by atoms with Crippen molar-refractivity contribution in [2.75, 3.05) is 26.2 Å². The molecule has 2 heterocycles. The van der Waals surface area contributed by atoms with Crippen LogP contribution in [0.1, 0.15) is 24.0 Å². The summed E-state index contributed by atoms with van der Waals surface area (Å²) in [5.41, 5.74) is 1.45. The van der Waals surface area contributed by atoms with Gasteiger partial charge in [-0.05, 0) is 48.2 Å². The number of piperidine rings is 1. The highest BCUT2D eigenvalue weighted by atomic mass is 19.1. The van der Waals surface area contributed by atoms with Gasteiger partial charge >= 0.3 is 17.8 Å². The molecular weight excluding hydrogens is 430 g/mol. The number of amides is 4. The van der Waals surface area contributed by atoms with Crippen LogP contribution in [0, 0.1) is 11.6 Å². The van der Waals surface area contributed by atoms with Crippen molar-refractivity contribution in [1.82, 2.24) is 20.0 Å². The SMILES string of the molecule is O=C(NCc1ccc(F)cc1)N1CCC(N2CCN(Cc3cccc(F)c3)C(=O)C2=O)CC1. The van der Waals surface area contributed by atoms with Crippen molar-refractivity contribution in [2.24, 2.45) is 0 Å². The van der Waals surface area contributed by atoms with Gasteiger partial charge in [0.1, 0.15) is 11.6 Å². The summed E-state index contributed by atoms with van der Waals surface area (Å²) in [4.78, 5) is 42.6. The van der Waals surface area contributed by atoms with E-state index in [0.717, 1.165) is 5.56 Å². The van der Waals surface area contributed by atoms with Gasteiger partial charge < -0.3 is 20.0 Å². The topological polar surface area (TPSA) is 73.0 Å². The van der Waals surface area contributed by atoms with Gasteiger partial charge in [0.05, 0.1) is 0 Å². The van der Waals surface area contributed by atoms with Gasteiger partial charge in [-0.1, -0.05) is 24.3 Å². The first-order valence-corrected chi connectivity index (χ1v) is 11.0. The third kappa shape index (κ3) is 5.47. The Kier molecular flexibility index (Phi) is 6.86. The van der Waals surface area contributed by atoms with Crippen molar-refractivity contribution in [3.63, 3.8) is 0 Å². The minimum atomic E-state index is -0.579. The quantitative estimate of drug-likeness (QED) is 0.703. The lowest BCUT2D eigenvalue weighted by Crippen LogP contribution is -2.59. The molecule has 7 nitrogen and oxygen atoms in total. The van der Waals surface area contributed by atoms with E-state index in [0.29, 0.717) is 51.1 Å². The van der Waals surface area contributed by atoms with Crippen LogP contribution in [0.25, 0.3) is 0 Å². The summed E-state index contributed by atoms with van der Waals surface area (Å²) in [5, 5.41) is 2.83. The Morgan fingerprint density at radius 1 is 0.879 bits per heavy atom. The summed E-state index contributed by atoms with van der Waals surface area (Å²) in [6.45, 7) is 2.26. The van der Waals surface area contributed by atoms with Crippen LogP contribution in [0.5, 0.6) is 0 Å². The fourth-order valence-corrected chi connectivity index (χ4v) is 4.32. The lowest BCUT2D eigenvalue weighted by molar-refractivity contribution is -0.158. The van der Waals surface area contributed by atoms with Crippen LogP contribution in [0.3, 0.4) is 0 Å². The first-order valence-electron chi connectivity index (χ1n) is 11.0. The van der Waals surface area contributed by atoms with Crippen LogP contribution in [-0.2, 0) is 22.7 Å². The molecule has 2 aliphatic rings. The van der Waals surface area contributed by atoms with Crippen LogP contribution < -0.4 is 5.32 Å². The molecule has 2 saturated heterocycles. The van der Waals surface area contributed by atoms with Crippen molar-refractivity contribution < 1.29 is 23.2 Å². The zero-order chi connectivity index (χ0) is 23.4. The predicted octanol–water partition coefficient (Wildman–Crippen LogP) is 2.51.